The van der Waals surface area contributed by atoms with Crippen LogP contribution in [0.15, 0.2) is 41.0 Å². The second-order valence-electron chi connectivity index (χ2n) is 3.41. The highest BCUT2D eigenvalue weighted by atomic mass is 127. The molecule has 0 fully saturated rings. The summed E-state index contributed by atoms with van der Waals surface area (Å²) in [5.74, 6) is -0.210. The van der Waals surface area contributed by atoms with Gasteiger partial charge in [-0.05, 0) is 62.8 Å². The van der Waals surface area contributed by atoms with Crippen molar-refractivity contribution < 1.29 is 4.39 Å². The Morgan fingerprint density at radius 3 is 2.76 bits per heavy atom. The molecule has 0 radical (unpaired) electrons. The molecule has 2 nitrogen and oxygen atoms in total. The van der Waals surface area contributed by atoms with Crippen LogP contribution in [0.5, 0.6) is 0 Å². The molecule has 0 unspecified atom stereocenters. The Hall–Kier alpha value is -0.690. The van der Waals surface area contributed by atoms with E-state index in [2.05, 4.69) is 26.2 Å². The van der Waals surface area contributed by atoms with Gasteiger partial charge in [0.15, 0.2) is 0 Å². The number of pyridine rings is 1. The number of nitrogens with one attached hydrogen (secondary N) is 1. The number of rotatable bonds is 3. The van der Waals surface area contributed by atoms with E-state index < -0.39 is 0 Å². The van der Waals surface area contributed by atoms with Gasteiger partial charge in [-0.25, -0.2) is 9.37 Å². The molecule has 2 rings (SSSR count). The molecule has 0 bridgehead atoms. The molecule has 0 atom stereocenters. The molecule has 0 saturated heterocycles. The predicted octanol–water partition coefficient (Wildman–Crippen LogP) is 4.20. The molecule has 2 aromatic rings. The molecule has 1 aromatic heterocycles. The Kier molecular flexibility index (Phi) is 4.33. The number of nitrogens with zero attached hydrogens (tertiary/aromatic N) is 1. The van der Waals surface area contributed by atoms with Gasteiger partial charge in [0.25, 0.3) is 0 Å². The van der Waals surface area contributed by atoms with Crippen LogP contribution < -0.4 is 5.32 Å². The van der Waals surface area contributed by atoms with E-state index in [-0.39, 0.29) is 5.82 Å². The lowest BCUT2D eigenvalue weighted by Gasteiger charge is -2.08. The summed E-state index contributed by atoms with van der Waals surface area (Å²) in [7, 11) is 0. The van der Waals surface area contributed by atoms with Gasteiger partial charge < -0.3 is 5.32 Å². The fourth-order valence-electron chi connectivity index (χ4n) is 1.37. The second-order valence-corrected chi connectivity index (χ2v) is 5.30. The maximum atomic E-state index is 13.3. The molecule has 0 spiro atoms. The lowest BCUT2D eigenvalue weighted by Crippen LogP contribution is -2.03. The van der Waals surface area contributed by atoms with Crippen molar-refractivity contribution in [1.29, 1.82) is 0 Å². The molecule has 0 aliphatic rings. The van der Waals surface area contributed by atoms with Crippen LogP contribution in [0, 0.1) is 9.39 Å². The van der Waals surface area contributed by atoms with Crippen LogP contribution >= 0.6 is 38.5 Å². The first kappa shape index (κ1) is 12.8. The lowest BCUT2D eigenvalue weighted by molar-refractivity contribution is 0.621. The summed E-state index contributed by atoms with van der Waals surface area (Å²) < 4.78 is 14.7. The maximum absolute atomic E-state index is 13.3. The Balaban J connectivity index is 2.10. The first-order valence-corrected chi connectivity index (χ1v) is 6.83. The van der Waals surface area contributed by atoms with Crippen molar-refractivity contribution in [2.45, 2.75) is 6.54 Å². The maximum Gasteiger partial charge on any atom is 0.138 e. The lowest BCUT2D eigenvalue weighted by atomic mass is 10.3. The molecular formula is C12H9BrFIN2. The van der Waals surface area contributed by atoms with Gasteiger partial charge in [-0.3, -0.25) is 0 Å². The van der Waals surface area contributed by atoms with Crippen LogP contribution in [0.25, 0.3) is 0 Å². The summed E-state index contributed by atoms with van der Waals surface area (Å²) in [4.78, 5) is 4.30. The van der Waals surface area contributed by atoms with E-state index in [4.69, 9.17) is 0 Å². The van der Waals surface area contributed by atoms with Crippen molar-refractivity contribution in [3.8, 4) is 0 Å². The summed E-state index contributed by atoms with van der Waals surface area (Å²) in [6, 6.07) is 10.7. The minimum absolute atomic E-state index is 0.210. The zero-order valence-corrected chi connectivity index (χ0v) is 12.5. The first-order valence-electron chi connectivity index (χ1n) is 4.96. The van der Waals surface area contributed by atoms with Gasteiger partial charge in [0, 0.05) is 0 Å². The normalized spacial score (nSPS) is 10.3. The van der Waals surface area contributed by atoms with Crippen molar-refractivity contribution in [1.82, 2.24) is 4.98 Å². The average molecular weight is 407 g/mol. The van der Waals surface area contributed by atoms with E-state index >= 15 is 0 Å². The molecule has 1 N–H and O–H groups in total. The Bertz CT molecular complexity index is 534. The smallest absolute Gasteiger partial charge is 0.138 e. The molecule has 1 heterocycles. The summed E-state index contributed by atoms with van der Waals surface area (Å²) in [6.07, 6.45) is 0. The van der Waals surface area contributed by atoms with Crippen LogP contribution in [-0.4, -0.2) is 4.98 Å². The Labute approximate surface area is 121 Å². The molecule has 5 heteroatoms. The molecule has 88 valence electrons. The summed E-state index contributed by atoms with van der Waals surface area (Å²) in [6.45, 7) is 0.568. The molecule has 17 heavy (non-hydrogen) atoms. The second kappa shape index (κ2) is 5.77. The van der Waals surface area contributed by atoms with Crippen LogP contribution in [0.2, 0.25) is 0 Å². The molecule has 0 amide bonds. The number of benzene rings is 1. The molecule has 0 aliphatic carbocycles. The first-order chi connectivity index (χ1) is 8.16. The molecule has 0 saturated carbocycles. The van der Waals surface area contributed by atoms with E-state index in [1.165, 1.54) is 6.07 Å². The zero-order valence-electron chi connectivity index (χ0n) is 8.75. The number of halogens is 3. The van der Waals surface area contributed by atoms with Gasteiger partial charge in [0.2, 0.25) is 0 Å². The van der Waals surface area contributed by atoms with Crippen molar-refractivity contribution in [3.05, 3.63) is 56.1 Å². The zero-order chi connectivity index (χ0) is 12.3. The third-order valence-electron chi connectivity index (χ3n) is 2.18. The third-order valence-corrected chi connectivity index (χ3v) is 3.72. The van der Waals surface area contributed by atoms with Gasteiger partial charge in [0.1, 0.15) is 10.4 Å². The number of hydrogen-bond donors (Lipinski definition) is 1. The molecular weight excluding hydrogens is 398 g/mol. The topological polar surface area (TPSA) is 24.9 Å². The van der Waals surface area contributed by atoms with Crippen LogP contribution in [0.3, 0.4) is 0 Å². The number of anilines is 1. The summed E-state index contributed by atoms with van der Waals surface area (Å²) >= 11 is 5.30. The monoisotopic (exact) mass is 406 g/mol. The van der Waals surface area contributed by atoms with Crippen LogP contribution in [0.4, 0.5) is 10.1 Å². The van der Waals surface area contributed by atoms with Crippen molar-refractivity contribution >= 4 is 44.2 Å². The van der Waals surface area contributed by atoms with Crippen LogP contribution in [0.1, 0.15) is 5.69 Å². The van der Waals surface area contributed by atoms with Gasteiger partial charge in [0.05, 0.1) is 21.5 Å². The van der Waals surface area contributed by atoms with Gasteiger partial charge in [-0.15, -0.1) is 0 Å². The highest BCUT2D eigenvalue weighted by molar-refractivity contribution is 14.1. The Morgan fingerprint density at radius 1 is 1.24 bits per heavy atom. The highest BCUT2D eigenvalue weighted by Gasteiger charge is 2.04. The highest BCUT2D eigenvalue weighted by Crippen LogP contribution is 2.21. The van der Waals surface area contributed by atoms with E-state index in [1.54, 1.807) is 6.07 Å². The molecule has 0 aliphatic heterocycles. The summed E-state index contributed by atoms with van der Waals surface area (Å²) in [5.41, 5.74) is 1.69. The largest absolute Gasteiger partial charge is 0.378 e. The third kappa shape index (κ3) is 3.38. The van der Waals surface area contributed by atoms with Crippen molar-refractivity contribution in [2.24, 2.45) is 0 Å². The van der Waals surface area contributed by atoms with E-state index in [0.29, 0.717) is 10.1 Å². The van der Waals surface area contributed by atoms with Gasteiger partial charge in [-0.2, -0.15) is 0 Å². The fourth-order valence-corrected chi connectivity index (χ4v) is 2.31. The summed E-state index contributed by atoms with van der Waals surface area (Å²) in [5, 5.41) is 3.17. The van der Waals surface area contributed by atoms with Crippen molar-refractivity contribution in [3.63, 3.8) is 0 Å². The SMILES string of the molecule is Fc1cccc(NCc2cccc(Br)n2)c1I. The minimum Gasteiger partial charge on any atom is -0.378 e. The number of hydrogen-bond acceptors (Lipinski definition) is 2. The Morgan fingerprint density at radius 2 is 2.00 bits per heavy atom. The predicted molar refractivity (Wildman–Crippen MR) is 78.4 cm³/mol. The van der Waals surface area contributed by atoms with Crippen molar-refractivity contribution in [2.75, 3.05) is 5.32 Å². The number of aromatic nitrogens is 1. The van der Waals surface area contributed by atoms with Crippen LogP contribution in [-0.2, 0) is 6.54 Å². The van der Waals surface area contributed by atoms with Gasteiger partial charge in [-0.1, -0.05) is 12.1 Å². The van der Waals surface area contributed by atoms with E-state index in [0.717, 1.165) is 16.0 Å². The van der Waals surface area contributed by atoms with E-state index in [1.807, 2.05) is 46.9 Å². The standard InChI is InChI=1S/C12H9BrFIN2/c13-11-6-1-3-8(17-11)7-16-10-5-2-4-9(14)12(10)15/h1-6,16H,7H2. The molecule has 1 aromatic carbocycles. The van der Waals surface area contributed by atoms with E-state index in [9.17, 15) is 4.39 Å². The fraction of sp³-hybridized carbons (Fsp3) is 0.0833. The quantitative estimate of drug-likeness (QED) is 0.610. The average Bonchev–Trinajstić information content (AvgIpc) is 2.31. The van der Waals surface area contributed by atoms with Gasteiger partial charge >= 0.3 is 0 Å². The minimum atomic E-state index is -0.210.